The first kappa shape index (κ1) is 18.7. The Hall–Kier alpha value is -2.68. The molecule has 0 N–H and O–H groups in total. The fourth-order valence-electron chi connectivity index (χ4n) is 3.44. The summed E-state index contributed by atoms with van der Waals surface area (Å²) in [6.07, 6.45) is 5.03. The number of hydrogen-bond acceptors (Lipinski definition) is 6. The fourth-order valence-corrected chi connectivity index (χ4v) is 3.98. The number of piperidine rings is 1. The van der Waals surface area contributed by atoms with Crippen LogP contribution in [0.1, 0.15) is 41.0 Å². The van der Waals surface area contributed by atoms with Crippen LogP contribution in [0.5, 0.6) is 0 Å². The summed E-state index contributed by atoms with van der Waals surface area (Å²) in [4.78, 5) is 23.7. The molecule has 7 nitrogen and oxygen atoms in total. The van der Waals surface area contributed by atoms with Gasteiger partial charge in [0.15, 0.2) is 11.0 Å². The van der Waals surface area contributed by atoms with Crippen molar-refractivity contribution in [2.45, 2.75) is 30.8 Å². The summed E-state index contributed by atoms with van der Waals surface area (Å²) in [5.41, 5.74) is 1.19. The van der Waals surface area contributed by atoms with Crippen LogP contribution in [-0.4, -0.2) is 49.8 Å². The molecule has 2 aromatic heterocycles. The second kappa shape index (κ2) is 7.75. The van der Waals surface area contributed by atoms with Crippen molar-refractivity contribution in [2.75, 3.05) is 19.3 Å². The van der Waals surface area contributed by atoms with Gasteiger partial charge in [-0.1, -0.05) is 16.9 Å². The van der Waals surface area contributed by atoms with Gasteiger partial charge in [-0.2, -0.15) is 4.98 Å². The highest BCUT2D eigenvalue weighted by molar-refractivity contribution is 7.98. The minimum absolute atomic E-state index is 0.0858. The third-order valence-corrected chi connectivity index (χ3v) is 5.54. The predicted molar refractivity (Wildman–Crippen MR) is 102 cm³/mol. The number of aryl methyl sites for hydroxylation is 1. The van der Waals surface area contributed by atoms with Crippen LogP contribution >= 0.6 is 11.8 Å². The van der Waals surface area contributed by atoms with Gasteiger partial charge in [-0.3, -0.25) is 9.36 Å². The van der Waals surface area contributed by atoms with E-state index < -0.39 is 0 Å². The van der Waals surface area contributed by atoms with E-state index in [1.807, 2.05) is 11.2 Å². The quantitative estimate of drug-likeness (QED) is 0.623. The van der Waals surface area contributed by atoms with Crippen molar-refractivity contribution in [3.05, 3.63) is 53.7 Å². The Morgan fingerprint density at radius 3 is 2.57 bits per heavy atom. The normalized spacial score (nSPS) is 15.2. The molecule has 0 radical (unpaired) electrons. The van der Waals surface area contributed by atoms with Gasteiger partial charge < -0.3 is 9.42 Å². The average molecular weight is 401 g/mol. The van der Waals surface area contributed by atoms with Crippen molar-refractivity contribution in [2.24, 2.45) is 0 Å². The zero-order valence-electron chi connectivity index (χ0n) is 15.6. The fraction of sp³-hybridized carbons (Fsp3) is 0.368. The van der Waals surface area contributed by atoms with Crippen molar-refractivity contribution in [3.8, 4) is 5.69 Å². The highest BCUT2D eigenvalue weighted by atomic mass is 32.2. The Balaban J connectivity index is 1.54. The molecule has 4 rings (SSSR count). The highest BCUT2D eigenvalue weighted by Gasteiger charge is 2.29. The molecule has 146 valence electrons. The van der Waals surface area contributed by atoms with Gasteiger partial charge in [0.05, 0.1) is 6.20 Å². The lowest BCUT2D eigenvalue weighted by Gasteiger charge is -2.30. The van der Waals surface area contributed by atoms with Crippen LogP contribution in [-0.2, 0) is 0 Å². The van der Waals surface area contributed by atoms with Gasteiger partial charge >= 0.3 is 0 Å². The molecule has 0 unspecified atom stereocenters. The molecule has 1 amide bonds. The molecular weight excluding hydrogens is 381 g/mol. The van der Waals surface area contributed by atoms with E-state index in [0.29, 0.717) is 41.3 Å². The predicted octanol–water partition coefficient (Wildman–Crippen LogP) is 3.44. The summed E-state index contributed by atoms with van der Waals surface area (Å²) >= 11 is 1.44. The van der Waals surface area contributed by atoms with E-state index in [-0.39, 0.29) is 17.6 Å². The van der Waals surface area contributed by atoms with Crippen molar-refractivity contribution < 1.29 is 13.7 Å². The van der Waals surface area contributed by atoms with Gasteiger partial charge in [0.1, 0.15) is 11.5 Å². The topological polar surface area (TPSA) is 77.1 Å². The molecule has 1 aliphatic rings. The number of thioether (sulfide) groups is 1. The lowest BCUT2D eigenvalue weighted by Crippen LogP contribution is -2.38. The van der Waals surface area contributed by atoms with Crippen molar-refractivity contribution >= 4 is 17.7 Å². The number of imidazole rings is 1. The summed E-state index contributed by atoms with van der Waals surface area (Å²) in [5, 5.41) is 4.54. The van der Waals surface area contributed by atoms with Crippen LogP contribution in [0.15, 0.2) is 40.1 Å². The summed E-state index contributed by atoms with van der Waals surface area (Å²) < 4.78 is 20.4. The maximum absolute atomic E-state index is 13.3. The third kappa shape index (κ3) is 3.54. The molecule has 0 bridgehead atoms. The zero-order chi connectivity index (χ0) is 19.7. The largest absolute Gasteiger partial charge is 0.339 e. The maximum atomic E-state index is 13.3. The second-order valence-electron chi connectivity index (χ2n) is 6.69. The summed E-state index contributed by atoms with van der Waals surface area (Å²) in [7, 11) is 0. The number of rotatable bonds is 4. The first-order valence-electron chi connectivity index (χ1n) is 9.04. The summed E-state index contributed by atoms with van der Waals surface area (Å²) in [5.74, 6) is 1.04. The van der Waals surface area contributed by atoms with E-state index >= 15 is 0 Å². The summed E-state index contributed by atoms with van der Waals surface area (Å²) in [6, 6.07) is 6.06. The molecule has 9 heteroatoms. The van der Waals surface area contributed by atoms with Crippen molar-refractivity contribution in [1.29, 1.82) is 0 Å². The lowest BCUT2D eigenvalue weighted by atomic mass is 9.96. The van der Waals surface area contributed by atoms with Crippen LogP contribution in [0.2, 0.25) is 0 Å². The molecule has 1 saturated heterocycles. The minimum atomic E-state index is -0.319. The molecule has 0 aliphatic carbocycles. The Bertz CT molecular complexity index is 977. The van der Waals surface area contributed by atoms with Gasteiger partial charge in [0.25, 0.3) is 5.91 Å². The Morgan fingerprint density at radius 2 is 1.96 bits per heavy atom. The molecule has 0 atom stereocenters. The molecule has 1 fully saturated rings. The smallest absolute Gasteiger partial charge is 0.272 e. The minimum Gasteiger partial charge on any atom is -0.339 e. The Kier molecular flexibility index (Phi) is 5.17. The molecule has 1 aromatic carbocycles. The number of amides is 1. The average Bonchev–Trinajstić information content (AvgIpc) is 3.34. The van der Waals surface area contributed by atoms with Gasteiger partial charge in [0, 0.05) is 24.7 Å². The van der Waals surface area contributed by atoms with Gasteiger partial charge in [-0.15, -0.1) is 0 Å². The second-order valence-corrected chi connectivity index (χ2v) is 7.46. The lowest BCUT2D eigenvalue weighted by molar-refractivity contribution is 0.0695. The first-order valence-corrected chi connectivity index (χ1v) is 10.3. The highest BCUT2D eigenvalue weighted by Crippen LogP contribution is 2.29. The molecular formula is C19H20FN5O2S. The summed E-state index contributed by atoms with van der Waals surface area (Å²) in [6.45, 7) is 3.01. The molecule has 3 aromatic rings. The van der Waals surface area contributed by atoms with E-state index in [1.165, 1.54) is 23.9 Å². The number of benzene rings is 1. The van der Waals surface area contributed by atoms with Crippen molar-refractivity contribution in [1.82, 2.24) is 24.6 Å². The zero-order valence-corrected chi connectivity index (χ0v) is 16.4. The first-order chi connectivity index (χ1) is 13.6. The van der Waals surface area contributed by atoms with Crippen LogP contribution in [0, 0.1) is 12.7 Å². The number of nitrogens with zero attached hydrogens (tertiary/aromatic N) is 5. The van der Waals surface area contributed by atoms with Gasteiger partial charge in [-0.25, -0.2) is 9.37 Å². The van der Waals surface area contributed by atoms with E-state index in [9.17, 15) is 9.18 Å². The van der Waals surface area contributed by atoms with Crippen LogP contribution in [0.25, 0.3) is 5.69 Å². The van der Waals surface area contributed by atoms with Crippen molar-refractivity contribution in [3.63, 3.8) is 0 Å². The van der Waals surface area contributed by atoms with E-state index in [0.717, 1.165) is 12.8 Å². The number of aromatic nitrogens is 4. The number of halogens is 1. The standard InChI is InChI=1S/C19H20FN5O2S/c1-12-22-17(27-23-12)13-7-9-24(10-8-13)18(26)16-11-21-19(28-2)25(16)15-5-3-14(20)4-6-15/h3-6,11,13H,7-10H2,1-2H3. The number of likely N-dealkylation sites (tertiary alicyclic amines) is 1. The van der Waals surface area contributed by atoms with Crippen LogP contribution < -0.4 is 0 Å². The SMILES string of the molecule is CSc1ncc(C(=O)N2CCC(c3nc(C)no3)CC2)n1-c1ccc(F)cc1. The van der Waals surface area contributed by atoms with Crippen LogP contribution in [0.4, 0.5) is 4.39 Å². The van der Waals surface area contributed by atoms with E-state index in [1.54, 1.807) is 29.8 Å². The third-order valence-electron chi connectivity index (χ3n) is 4.89. The number of carbonyl (C=O) groups is 1. The van der Waals surface area contributed by atoms with E-state index in [4.69, 9.17) is 4.52 Å². The van der Waals surface area contributed by atoms with Gasteiger partial charge in [0.2, 0.25) is 5.89 Å². The molecule has 3 heterocycles. The Morgan fingerprint density at radius 1 is 1.25 bits per heavy atom. The molecule has 1 aliphatic heterocycles. The number of carbonyl (C=O) groups excluding carboxylic acids is 1. The van der Waals surface area contributed by atoms with Gasteiger partial charge in [-0.05, 0) is 50.3 Å². The van der Waals surface area contributed by atoms with E-state index in [2.05, 4.69) is 15.1 Å². The molecule has 28 heavy (non-hydrogen) atoms. The monoisotopic (exact) mass is 401 g/mol. The molecule has 0 spiro atoms. The molecule has 0 saturated carbocycles. The number of hydrogen-bond donors (Lipinski definition) is 0. The maximum Gasteiger partial charge on any atom is 0.272 e. The van der Waals surface area contributed by atoms with Crippen LogP contribution in [0.3, 0.4) is 0 Å². The Labute approximate surface area is 165 Å².